The molecule has 0 unspecified atom stereocenters. The predicted molar refractivity (Wildman–Crippen MR) is 67.1 cm³/mol. The zero-order valence-corrected chi connectivity index (χ0v) is 10.3. The van der Waals surface area contributed by atoms with Gasteiger partial charge in [0.15, 0.2) is 4.96 Å². The smallest absolute Gasteiger partial charge is 0.193 e. The highest BCUT2D eigenvalue weighted by molar-refractivity contribution is 7.15. The molecular formula is C12H13N3OS. The molecule has 3 aromatic heterocycles. The van der Waals surface area contributed by atoms with Crippen LogP contribution in [0, 0.1) is 6.92 Å². The van der Waals surface area contributed by atoms with Gasteiger partial charge < -0.3 is 9.73 Å². The number of imidazole rings is 1. The minimum absolute atomic E-state index is 0.735. The largest absolute Gasteiger partial charge is 0.465 e. The monoisotopic (exact) mass is 247 g/mol. The van der Waals surface area contributed by atoms with Gasteiger partial charge in [-0.05, 0) is 19.1 Å². The average Bonchev–Trinajstić information content (AvgIpc) is 2.94. The maximum Gasteiger partial charge on any atom is 0.193 e. The summed E-state index contributed by atoms with van der Waals surface area (Å²) in [6, 6.07) is 3.97. The fourth-order valence-corrected chi connectivity index (χ4v) is 2.47. The second-order valence-corrected chi connectivity index (χ2v) is 4.81. The van der Waals surface area contributed by atoms with Gasteiger partial charge in [0.1, 0.15) is 11.5 Å². The molecule has 0 bridgehead atoms. The lowest BCUT2D eigenvalue weighted by Gasteiger charge is -1.98. The summed E-state index contributed by atoms with van der Waals surface area (Å²) in [5.41, 5.74) is 1.06. The third-order valence-electron chi connectivity index (χ3n) is 2.54. The number of aryl methyl sites for hydroxylation is 1. The van der Waals surface area contributed by atoms with Gasteiger partial charge in [-0.25, -0.2) is 4.98 Å². The van der Waals surface area contributed by atoms with E-state index in [4.69, 9.17) is 4.42 Å². The Hall–Kier alpha value is -1.59. The van der Waals surface area contributed by atoms with Gasteiger partial charge in [-0.15, -0.1) is 11.3 Å². The molecule has 0 saturated heterocycles. The molecule has 0 saturated carbocycles. The molecule has 1 N–H and O–H groups in total. The SMILES string of the molecule is Cc1ccc(CNCc2cn3ccsc3n2)o1. The van der Waals surface area contributed by atoms with Crippen LogP contribution in [-0.4, -0.2) is 9.38 Å². The number of aromatic nitrogens is 2. The van der Waals surface area contributed by atoms with Crippen LogP contribution in [0.15, 0.2) is 34.3 Å². The zero-order chi connectivity index (χ0) is 11.7. The predicted octanol–water partition coefficient (Wildman–Crippen LogP) is 2.59. The van der Waals surface area contributed by atoms with Gasteiger partial charge in [-0.1, -0.05) is 0 Å². The van der Waals surface area contributed by atoms with E-state index in [0.29, 0.717) is 0 Å². The van der Waals surface area contributed by atoms with E-state index in [-0.39, 0.29) is 0 Å². The first-order valence-electron chi connectivity index (χ1n) is 5.48. The van der Waals surface area contributed by atoms with E-state index in [1.165, 1.54) is 0 Å². The number of hydrogen-bond donors (Lipinski definition) is 1. The van der Waals surface area contributed by atoms with E-state index in [2.05, 4.69) is 10.3 Å². The minimum Gasteiger partial charge on any atom is -0.465 e. The standard InChI is InChI=1S/C12H13N3OS/c1-9-2-3-11(16-9)7-13-6-10-8-15-4-5-17-12(15)14-10/h2-5,8,13H,6-7H2,1H3. The second-order valence-electron chi connectivity index (χ2n) is 3.94. The Morgan fingerprint density at radius 3 is 3.12 bits per heavy atom. The summed E-state index contributed by atoms with van der Waals surface area (Å²) in [6.07, 6.45) is 4.07. The number of hydrogen-bond acceptors (Lipinski definition) is 4. The summed E-state index contributed by atoms with van der Waals surface area (Å²) < 4.78 is 7.52. The van der Waals surface area contributed by atoms with Gasteiger partial charge in [-0.2, -0.15) is 0 Å². The first-order chi connectivity index (χ1) is 8.31. The van der Waals surface area contributed by atoms with Crippen molar-refractivity contribution >= 4 is 16.3 Å². The van der Waals surface area contributed by atoms with Gasteiger partial charge in [0.25, 0.3) is 0 Å². The van der Waals surface area contributed by atoms with Crippen LogP contribution in [-0.2, 0) is 13.1 Å². The molecule has 0 spiro atoms. The van der Waals surface area contributed by atoms with Crippen molar-refractivity contribution in [1.29, 1.82) is 0 Å². The number of thiazole rings is 1. The van der Waals surface area contributed by atoms with Gasteiger partial charge in [0.05, 0.1) is 12.2 Å². The lowest BCUT2D eigenvalue weighted by Crippen LogP contribution is -2.12. The Kier molecular flexibility index (Phi) is 2.70. The molecule has 0 aromatic carbocycles. The maximum absolute atomic E-state index is 5.48. The van der Waals surface area contributed by atoms with Crippen molar-refractivity contribution in [2.24, 2.45) is 0 Å². The molecule has 0 atom stereocenters. The number of fused-ring (bicyclic) bond motifs is 1. The second kappa shape index (κ2) is 4.35. The van der Waals surface area contributed by atoms with Crippen LogP contribution in [0.1, 0.15) is 17.2 Å². The number of nitrogens with one attached hydrogen (secondary N) is 1. The van der Waals surface area contributed by atoms with Crippen molar-refractivity contribution < 1.29 is 4.42 Å². The Balaban J connectivity index is 1.59. The van der Waals surface area contributed by atoms with Gasteiger partial charge in [0, 0.05) is 24.3 Å². The fourth-order valence-electron chi connectivity index (χ4n) is 1.76. The molecule has 0 aliphatic carbocycles. The van der Waals surface area contributed by atoms with Crippen LogP contribution in [0.25, 0.3) is 4.96 Å². The Morgan fingerprint density at radius 2 is 2.35 bits per heavy atom. The first-order valence-corrected chi connectivity index (χ1v) is 6.36. The van der Waals surface area contributed by atoms with Crippen LogP contribution < -0.4 is 5.32 Å². The van der Waals surface area contributed by atoms with Crippen LogP contribution in [0.2, 0.25) is 0 Å². The Bertz CT molecular complexity index is 594. The maximum atomic E-state index is 5.48. The van der Waals surface area contributed by atoms with Crippen molar-refractivity contribution in [2.75, 3.05) is 0 Å². The molecule has 0 fully saturated rings. The normalized spacial score (nSPS) is 11.4. The van der Waals surface area contributed by atoms with Gasteiger partial charge in [-0.3, -0.25) is 4.40 Å². The highest BCUT2D eigenvalue weighted by Gasteiger charge is 2.03. The molecule has 3 aromatic rings. The van der Waals surface area contributed by atoms with E-state index >= 15 is 0 Å². The summed E-state index contributed by atoms with van der Waals surface area (Å²) in [5, 5.41) is 5.35. The van der Waals surface area contributed by atoms with Crippen molar-refractivity contribution in [3.63, 3.8) is 0 Å². The molecular weight excluding hydrogens is 234 g/mol. The number of furan rings is 1. The Morgan fingerprint density at radius 1 is 1.41 bits per heavy atom. The molecule has 3 rings (SSSR count). The van der Waals surface area contributed by atoms with Crippen LogP contribution in [0.4, 0.5) is 0 Å². The highest BCUT2D eigenvalue weighted by Crippen LogP contribution is 2.11. The van der Waals surface area contributed by atoms with Crippen molar-refractivity contribution in [1.82, 2.24) is 14.7 Å². The third kappa shape index (κ3) is 2.25. The molecule has 17 heavy (non-hydrogen) atoms. The number of nitrogens with zero attached hydrogens (tertiary/aromatic N) is 2. The van der Waals surface area contributed by atoms with Crippen molar-refractivity contribution in [3.8, 4) is 0 Å². The van der Waals surface area contributed by atoms with Crippen LogP contribution in [0.5, 0.6) is 0 Å². The molecule has 3 heterocycles. The first kappa shape index (κ1) is 10.6. The lowest BCUT2D eigenvalue weighted by atomic mass is 10.4. The summed E-state index contributed by atoms with van der Waals surface area (Å²) >= 11 is 1.65. The van der Waals surface area contributed by atoms with E-state index < -0.39 is 0 Å². The lowest BCUT2D eigenvalue weighted by molar-refractivity contribution is 0.461. The summed E-state index contributed by atoms with van der Waals surface area (Å²) in [5.74, 6) is 1.91. The Labute approximate surface area is 103 Å². The molecule has 88 valence electrons. The van der Waals surface area contributed by atoms with Crippen LogP contribution in [0.3, 0.4) is 0 Å². The number of rotatable bonds is 4. The highest BCUT2D eigenvalue weighted by atomic mass is 32.1. The zero-order valence-electron chi connectivity index (χ0n) is 9.51. The van der Waals surface area contributed by atoms with Gasteiger partial charge >= 0.3 is 0 Å². The van der Waals surface area contributed by atoms with E-state index in [0.717, 1.165) is 35.3 Å². The minimum atomic E-state index is 0.735. The molecule has 0 aliphatic heterocycles. The topological polar surface area (TPSA) is 42.5 Å². The molecule has 0 amide bonds. The fraction of sp³-hybridized carbons (Fsp3) is 0.250. The van der Waals surface area contributed by atoms with Gasteiger partial charge in [0.2, 0.25) is 0 Å². The summed E-state index contributed by atoms with van der Waals surface area (Å²) in [4.78, 5) is 5.54. The summed E-state index contributed by atoms with van der Waals surface area (Å²) in [6.45, 7) is 3.44. The quantitative estimate of drug-likeness (QED) is 0.770. The van der Waals surface area contributed by atoms with E-state index in [1.54, 1.807) is 11.3 Å². The third-order valence-corrected chi connectivity index (χ3v) is 3.32. The summed E-state index contributed by atoms with van der Waals surface area (Å²) in [7, 11) is 0. The van der Waals surface area contributed by atoms with Crippen molar-refractivity contribution in [2.45, 2.75) is 20.0 Å². The average molecular weight is 247 g/mol. The molecule has 5 heteroatoms. The van der Waals surface area contributed by atoms with E-state index in [9.17, 15) is 0 Å². The van der Waals surface area contributed by atoms with E-state index in [1.807, 2.05) is 41.2 Å². The van der Waals surface area contributed by atoms with Crippen molar-refractivity contribution in [3.05, 3.63) is 47.1 Å². The molecule has 0 aliphatic rings. The van der Waals surface area contributed by atoms with Crippen LogP contribution >= 0.6 is 11.3 Å². The molecule has 4 nitrogen and oxygen atoms in total. The molecule has 0 radical (unpaired) electrons.